The number of aromatic hydroxyl groups is 2. The molecule has 0 aliphatic rings. The first-order valence-electron chi connectivity index (χ1n) is 5.58. The number of benzene rings is 1. The zero-order chi connectivity index (χ0) is 13.2. The minimum Gasteiger partial charge on any atom is -0.507 e. The van der Waals surface area contributed by atoms with Crippen LogP contribution in [-0.4, -0.2) is 27.2 Å². The first-order chi connectivity index (χ1) is 7.84. The molecule has 0 heterocycles. The van der Waals surface area contributed by atoms with Gasteiger partial charge in [-0.25, -0.2) is 0 Å². The Morgan fingerprint density at radius 3 is 2.41 bits per heavy atom. The molecule has 0 saturated carbocycles. The van der Waals surface area contributed by atoms with Gasteiger partial charge in [0.25, 0.3) is 0 Å². The summed E-state index contributed by atoms with van der Waals surface area (Å²) in [6.07, 6.45) is 0.231. The quantitative estimate of drug-likeness (QED) is 0.700. The monoisotopic (exact) mass is 238 g/mol. The van der Waals surface area contributed by atoms with E-state index < -0.39 is 6.10 Å². The van der Waals surface area contributed by atoms with Crippen LogP contribution in [0.1, 0.15) is 41.8 Å². The first-order valence-corrected chi connectivity index (χ1v) is 5.58. The highest BCUT2D eigenvalue weighted by atomic mass is 16.3. The number of phenolic OH excluding ortho intramolecular Hbond substituents is 2. The Kier molecular flexibility index (Phi) is 4.12. The van der Waals surface area contributed by atoms with Gasteiger partial charge in [-0.1, -0.05) is 0 Å². The number of rotatable bonds is 4. The molecule has 0 amide bonds. The Labute approximate surface area is 101 Å². The summed E-state index contributed by atoms with van der Waals surface area (Å²) in [6.45, 7) is 4.67. The number of Topliss-reactive ketones (excluding diaryl/α,β-unsaturated/α-hetero) is 1. The first kappa shape index (κ1) is 13.5. The zero-order valence-electron chi connectivity index (χ0n) is 10.3. The lowest BCUT2D eigenvalue weighted by Crippen LogP contribution is -2.04. The molecule has 1 unspecified atom stereocenters. The molecule has 3 N–H and O–H groups in total. The predicted molar refractivity (Wildman–Crippen MR) is 64.5 cm³/mol. The Bertz CT molecular complexity index is 436. The van der Waals surface area contributed by atoms with Crippen molar-refractivity contribution in [1.82, 2.24) is 0 Å². The second kappa shape index (κ2) is 5.19. The zero-order valence-corrected chi connectivity index (χ0v) is 10.3. The normalized spacial score (nSPS) is 12.5. The van der Waals surface area contributed by atoms with Gasteiger partial charge in [-0.15, -0.1) is 0 Å². The van der Waals surface area contributed by atoms with Crippen molar-refractivity contribution in [3.8, 4) is 11.5 Å². The van der Waals surface area contributed by atoms with E-state index in [0.717, 1.165) is 0 Å². The summed E-state index contributed by atoms with van der Waals surface area (Å²) in [5, 5.41) is 29.0. The summed E-state index contributed by atoms with van der Waals surface area (Å²) in [5.74, 6) is -0.432. The fraction of sp³-hybridized carbons (Fsp3) is 0.462. The van der Waals surface area contributed by atoms with Gasteiger partial charge in [0, 0.05) is 5.56 Å². The van der Waals surface area contributed by atoms with Crippen molar-refractivity contribution in [1.29, 1.82) is 0 Å². The number of aliphatic hydroxyl groups excluding tert-OH is 1. The average molecular weight is 238 g/mol. The highest BCUT2D eigenvalue weighted by Crippen LogP contribution is 2.35. The molecule has 4 heteroatoms. The summed E-state index contributed by atoms with van der Waals surface area (Å²) in [4.78, 5) is 11.3. The molecule has 0 fully saturated rings. The maximum Gasteiger partial charge on any atom is 0.163 e. The molecule has 94 valence electrons. The van der Waals surface area contributed by atoms with Crippen molar-refractivity contribution in [3.63, 3.8) is 0 Å². The van der Waals surface area contributed by atoms with Gasteiger partial charge >= 0.3 is 0 Å². The minimum absolute atomic E-state index is 0.00634. The van der Waals surface area contributed by atoms with Crippen LogP contribution in [0.2, 0.25) is 0 Å². The summed E-state index contributed by atoms with van der Waals surface area (Å²) < 4.78 is 0. The van der Waals surface area contributed by atoms with Crippen molar-refractivity contribution in [2.45, 2.75) is 39.7 Å². The summed E-state index contributed by atoms with van der Waals surface area (Å²) in [7, 11) is 0. The van der Waals surface area contributed by atoms with Gasteiger partial charge < -0.3 is 15.3 Å². The van der Waals surface area contributed by atoms with E-state index in [-0.39, 0.29) is 22.8 Å². The number of aliphatic hydroxyl groups is 1. The van der Waals surface area contributed by atoms with Gasteiger partial charge in [0.2, 0.25) is 0 Å². The van der Waals surface area contributed by atoms with Crippen LogP contribution in [0.3, 0.4) is 0 Å². The molecular formula is C13H18O4. The molecule has 1 aromatic carbocycles. The van der Waals surface area contributed by atoms with E-state index in [1.54, 1.807) is 13.8 Å². The summed E-state index contributed by atoms with van der Waals surface area (Å²) in [6, 6.07) is 1.47. The number of ketones is 1. The molecule has 0 saturated heterocycles. The molecule has 1 aromatic rings. The average Bonchev–Trinajstić information content (AvgIpc) is 2.22. The van der Waals surface area contributed by atoms with E-state index >= 15 is 0 Å². The standard InChI is InChI=1S/C13H18O4/c1-7-6-11(9(3)15)13(17)10(12(7)16)5-4-8(2)14/h6,8,14,16-17H,4-5H2,1-3H3. The molecule has 4 nitrogen and oxygen atoms in total. The highest BCUT2D eigenvalue weighted by molar-refractivity contribution is 5.97. The van der Waals surface area contributed by atoms with Crippen molar-refractivity contribution < 1.29 is 20.1 Å². The fourth-order valence-electron chi connectivity index (χ4n) is 1.72. The van der Waals surface area contributed by atoms with Crippen LogP contribution in [0.15, 0.2) is 6.07 Å². The number of carbonyl (C=O) groups is 1. The van der Waals surface area contributed by atoms with Gasteiger partial charge in [0.15, 0.2) is 5.78 Å². The van der Waals surface area contributed by atoms with E-state index in [1.165, 1.54) is 13.0 Å². The van der Waals surface area contributed by atoms with Crippen LogP contribution >= 0.6 is 0 Å². The van der Waals surface area contributed by atoms with Gasteiger partial charge in [-0.05, 0) is 45.2 Å². The number of hydrogen-bond donors (Lipinski definition) is 3. The molecular weight excluding hydrogens is 220 g/mol. The van der Waals surface area contributed by atoms with E-state index in [1.807, 2.05) is 0 Å². The number of aryl methyl sites for hydroxylation is 1. The Balaban J connectivity index is 3.22. The van der Waals surface area contributed by atoms with Gasteiger partial charge in [0.1, 0.15) is 11.5 Å². The topological polar surface area (TPSA) is 77.8 Å². The summed E-state index contributed by atoms with van der Waals surface area (Å²) in [5.41, 5.74) is 1.09. The van der Waals surface area contributed by atoms with Gasteiger partial charge in [-0.2, -0.15) is 0 Å². The second-order valence-corrected chi connectivity index (χ2v) is 4.36. The van der Waals surface area contributed by atoms with E-state index in [0.29, 0.717) is 24.0 Å². The SMILES string of the molecule is CC(=O)c1cc(C)c(O)c(CCC(C)O)c1O. The maximum absolute atomic E-state index is 11.3. The predicted octanol–water partition coefficient (Wildman–Crippen LogP) is 1.92. The number of phenols is 2. The van der Waals surface area contributed by atoms with Crippen molar-refractivity contribution in [2.75, 3.05) is 0 Å². The second-order valence-electron chi connectivity index (χ2n) is 4.36. The Morgan fingerprint density at radius 1 is 1.35 bits per heavy atom. The summed E-state index contributed by atoms with van der Waals surface area (Å²) >= 11 is 0. The third kappa shape index (κ3) is 2.97. The van der Waals surface area contributed by atoms with Gasteiger partial charge in [-0.3, -0.25) is 4.79 Å². The van der Waals surface area contributed by atoms with E-state index in [2.05, 4.69) is 0 Å². The van der Waals surface area contributed by atoms with E-state index in [9.17, 15) is 20.1 Å². The smallest absolute Gasteiger partial charge is 0.163 e. The Hall–Kier alpha value is -1.55. The van der Waals surface area contributed by atoms with Crippen LogP contribution < -0.4 is 0 Å². The lowest BCUT2D eigenvalue weighted by Gasteiger charge is -2.13. The minimum atomic E-state index is -0.518. The molecule has 0 aliphatic carbocycles. The number of carbonyl (C=O) groups excluding carboxylic acids is 1. The lowest BCUT2D eigenvalue weighted by atomic mass is 9.97. The molecule has 1 rings (SSSR count). The van der Waals surface area contributed by atoms with Crippen LogP contribution in [0.25, 0.3) is 0 Å². The van der Waals surface area contributed by atoms with E-state index in [4.69, 9.17) is 0 Å². The lowest BCUT2D eigenvalue weighted by molar-refractivity contribution is 0.101. The third-order valence-electron chi connectivity index (χ3n) is 2.75. The van der Waals surface area contributed by atoms with Crippen molar-refractivity contribution in [3.05, 3.63) is 22.8 Å². The molecule has 0 bridgehead atoms. The molecule has 1 atom stereocenters. The van der Waals surface area contributed by atoms with Crippen LogP contribution in [0.5, 0.6) is 11.5 Å². The molecule has 17 heavy (non-hydrogen) atoms. The highest BCUT2D eigenvalue weighted by Gasteiger charge is 2.17. The largest absolute Gasteiger partial charge is 0.507 e. The van der Waals surface area contributed by atoms with Crippen molar-refractivity contribution >= 4 is 5.78 Å². The van der Waals surface area contributed by atoms with Crippen molar-refractivity contribution in [2.24, 2.45) is 0 Å². The van der Waals surface area contributed by atoms with Crippen LogP contribution in [-0.2, 0) is 6.42 Å². The Morgan fingerprint density at radius 2 is 1.94 bits per heavy atom. The third-order valence-corrected chi connectivity index (χ3v) is 2.75. The molecule has 0 spiro atoms. The maximum atomic E-state index is 11.3. The fourth-order valence-corrected chi connectivity index (χ4v) is 1.72. The number of hydrogen-bond acceptors (Lipinski definition) is 4. The van der Waals surface area contributed by atoms with Crippen LogP contribution in [0, 0.1) is 6.92 Å². The molecule has 0 aromatic heterocycles. The van der Waals surface area contributed by atoms with Gasteiger partial charge in [0.05, 0.1) is 11.7 Å². The van der Waals surface area contributed by atoms with Crippen LogP contribution in [0.4, 0.5) is 0 Å². The molecule has 0 aliphatic heterocycles. The molecule has 0 radical (unpaired) electrons.